The number of halogens is 1. The molecule has 156 valence electrons. The Labute approximate surface area is 173 Å². The van der Waals surface area contributed by atoms with Gasteiger partial charge in [0.1, 0.15) is 5.52 Å². The molecule has 1 saturated heterocycles. The van der Waals surface area contributed by atoms with Crippen LogP contribution in [0.15, 0.2) is 28.8 Å². The number of imidazole rings is 1. The Hall–Kier alpha value is -3.00. The number of hydrogen-bond donors (Lipinski definition) is 2. The van der Waals surface area contributed by atoms with Crippen molar-refractivity contribution in [3.63, 3.8) is 0 Å². The van der Waals surface area contributed by atoms with Crippen molar-refractivity contribution in [3.05, 3.63) is 41.5 Å². The topological polar surface area (TPSA) is 80.3 Å². The Bertz CT molecular complexity index is 1260. The highest BCUT2D eigenvalue weighted by Gasteiger charge is 2.28. The fraction of sp³-hybridized carbons (Fsp3) is 0.409. The van der Waals surface area contributed by atoms with E-state index in [0.717, 1.165) is 36.3 Å². The van der Waals surface area contributed by atoms with Gasteiger partial charge in [-0.2, -0.15) is 10.1 Å². The minimum absolute atomic E-state index is 0.0498. The number of piperidine rings is 1. The highest BCUT2D eigenvalue weighted by molar-refractivity contribution is 5.81. The molecular formula is C22H25FN6O. The SMILES string of the molecule is Cc1cn2nc(-c3cc(F)c4nc(NC5CCNC(C)(C)C5)oc4c3)cc(C)c2n1. The molecule has 2 N–H and O–H groups in total. The molecule has 5 rings (SSSR count). The standard InChI is InChI=1S/C22H25FN6O/c1-12-7-17(28-29-11-13(2)25-20(12)29)14-8-16(23)19-18(9-14)30-21(27-19)26-15-5-6-24-22(3,4)10-15/h7-9,11,15,24H,5-6,10H2,1-4H3,(H,26,27). The third-order valence-electron chi connectivity index (χ3n) is 5.65. The van der Waals surface area contributed by atoms with Gasteiger partial charge in [0.2, 0.25) is 0 Å². The van der Waals surface area contributed by atoms with Crippen LogP contribution in [0.5, 0.6) is 0 Å². The van der Waals surface area contributed by atoms with E-state index >= 15 is 0 Å². The quantitative estimate of drug-likeness (QED) is 0.528. The van der Waals surface area contributed by atoms with Gasteiger partial charge in [-0.3, -0.25) is 0 Å². The first-order valence-corrected chi connectivity index (χ1v) is 10.2. The summed E-state index contributed by atoms with van der Waals surface area (Å²) >= 11 is 0. The maximum atomic E-state index is 14.9. The van der Waals surface area contributed by atoms with Crippen LogP contribution in [0.3, 0.4) is 0 Å². The molecule has 1 aliphatic heterocycles. The number of nitrogens with one attached hydrogen (secondary N) is 2. The Kier molecular flexibility index (Phi) is 4.28. The molecule has 1 fully saturated rings. The first-order chi connectivity index (χ1) is 14.3. The molecule has 4 aromatic rings. The fourth-order valence-corrected chi connectivity index (χ4v) is 4.26. The summed E-state index contributed by atoms with van der Waals surface area (Å²) in [7, 11) is 0. The van der Waals surface area contributed by atoms with Crippen molar-refractivity contribution >= 4 is 22.8 Å². The second-order valence-corrected chi connectivity index (χ2v) is 8.83. The number of hydrogen-bond acceptors (Lipinski definition) is 6. The summed E-state index contributed by atoms with van der Waals surface area (Å²) in [5, 5.41) is 11.4. The van der Waals surface area contributed by atoms with Gasteiger partial charge in [0.05, 0.1) is 17.6 Å². The van der Waals surface area contributed by atoms with E-state index in [-0.39, 0.29) is 17.1 Å². The lowest BCUT2D eigenvalue weighted by Crippen LogP contribution is -2.50. The lowest BCUT2D eigenvalue weighted by molar-refractivity contribution is 0.284. The lowest BCUT2D eigenvalue weighted by atomic mass is 9.89. The summed E-state index contributed by atoms with van der Waals surface area (Å²) in [6, 6.07) is 5.75. The van der Waals surface area contributed by atoms with Crippen LogP contribution in [0.4, 0.5) is 10.4 Å². The number of anilines is 1. The zero-order chi connectivity index (χ0) is 21.0. The number of rotatable bonds is 3. The van der Waals surface area contributed by atoms with Crippen LogP contribution in [0.2, 0.25) is 0 Å². The van der Waals surface area contributed by atoms with Crippen molar-refractivity contribution in [1.29, 1.82) is 0 Å². The van der Waals surface area contributed by atoms with Gasteiger partial charge >= 0.3 is 0 Å². The average Bonchev–Trinajstić information content (AvgIpc) is 3.23. The van der Waals surface area contributed by atoms with Crippen LogP contribution in [0, 0.1) is 19.7 Å². The molecule has 1 aliphatic rings. The Morgan fingerprint density at radius 1 is 1.23 bits per heavy atom. The molecule has 8 heteroatoms. The smallest absolute Gasteiger partial charge is 0.296 e. The first-order valence-electron chi connectivity index (χ1n) is 10.2. The number of nitrogens with zero attached hydrogens (tertiary/aromatic N) is 4. The highest BCUT2D eigenvalue weighted by Crippen LogP contribution is 2.30. The van der Waals surface area contributed by atoms with Crippen LogP contribution in [-0.2, 0) is 0 Å². The summed E-state index contributed by atoms with van der Waals surface area (Å²) in [4.78, 5) is 8.82. The van der Waals surface area contributed by atoms with E-state index in [9.17, 15) is 4.39 Å². The second-order valence-electron chi connectivity index (χ2n) is 8.83. The van der Waals surface area contributed by atoms with Gasteiger partial charge in [-0.15, -0.1) is 0 Å². The van der Waals surface area contributed by atoms with E-state index in [1.165, 1.54) is 6.07 Å². The number of benzene rings is 1. The maximum absolute atomic E-state index is 14.9. The lowest BCUT2D eigenvalue weighted by Gasteiger charge is -2.36. The molecule has 0 amide bonds. The summed E-state index contributed by atoms with van der Waals surface area (Å²) < 4.78 is 22.5. The second kappa shape index (κ2) is 6.77. The van der Waals surface area contributed by atoms with Crippen molar-refractivity contribution in [2.45, 2.75) is 52.1 Å². The molecule has 0 radical (unpaired) electrons. The van der Waals surface area contributed by atoms with E-state index in [1.807, 2.05) is 26.1 Å². The van der Waals surface area contributed by atoms with Crippen LogP contribution in [0.25, 0.3) is 28.0 Å². The number of aryl methyl sites for hydroxylation is 2. The molecule has 4 heterocycles. The molecule has 0 spiro atoms. The van der Waals surface area contributed by atoms with Gasteiger partial charge in [-0.1, -0.05) is 0 Å². The summed E-state index contributed by atoms with van der Waals surface area (Å²) in [5.74, 6) is -0.425. The van der Waals surface area contributed by atoms with E-state index in [0.29, 0.717) is 22.9 Å². The predicted molar refractivity (Wildman–Crippen MR) is 114 cm³/mol. The maximum Gasteiger partial charge on any atom is 0.296 e. The van der Waals surface area contributed by atoms with Crippen molar-refractivity contribution in [1.82, 2.24) is 24.9 Å². The van der Waals surface area contributed by atoms with Crippen molar-refractivity contribution in [2.75, 3.05) is 11.9 Å². The highest BCUT2D eigenvalue weighted by atomic mass is 19.1. The minimum atomic E-state index is -0.425. The number of oxazole rings is 1. The molecule has 0 bridgehead atoms. The molecule has 1 unspecified atom stereocenters. The molecular weight excluding hydrogens is 383 g/mol. The van der Waals surface area contributed by atoms with E-state index in [4.69, 9.17) is 4.42 Å². The monoisotopic (exact) mass is 408 g/mol. The molecule has 0 saturated carbocycles. The van der Waals surface area contributed by atoms with E-state index < -0.39 is 5.82 Å². The largest absolute Gasteiger partial charge is 0.423 e. The summed E-state index contributed by atoms with van der Waals surface area (Å²) in [6.07, 6.45) is 3.76. The minimum Gasteiger partial charge on any atom is -0.423 e. The van der Waals surface area contributed by atoms with Crippen LogP contribution in [-0.4, -0.2) is 37.7 Å². The third kappa shape index (κ3) is 3.41. The molecule has 1 aromatic carbocycles. The average molecular weight is 408 g/mol. The molecule has 0 aliphatic carbocycles. The number of fused-ring (bicyclic) bond motifs is 2. The molecule has 3 aromatic heterocycles. The summed E-state index contributed by atoms with van der Waals surface area (Å²) in [5.41, 5.74) is 4.64. The van der Waals surface area contributed by atoms with E-state index in [2.05, 4.69) is 39.5 Å². The normalized spacial score (nSPS) is 18.9. The van der Waals surface area contributed by atoms with Crippen LogP contribution >= 0.6 is 0 Å². The van der Waals surface area contributed by atoms with Crippen molar-refractivity contribution in [3.8, 4) is 11.3 Å². The third-order valence-corrected chi connectivity index (χ3v) is 5.65. The Balaban J connectivity index is 1.50. The zero-order valence-electron chi connectivity index (χ0n) is 17.6. The van der Waals surface area contributed by atoms with Gasteiger partial charge in [-0.05, 0) is 70.8 Å². The van der Waals surface area contributed by atoms with Gasteiger partial charge in [0, 0.05) is 17.1 Å². The summed E-state index contributed by atoms with van der Waals surface area (Å²) in [6.45, 7) is 9.16. The van der Waals surface area contributed by atoms with Crippen LogP contribution < -0.4 is 10.6 Å². The molecule has 30 heavy (non-hydrogen) atoms. The predicted octanol–water partition coefficient (Wildman–Crippen LogP) is 4.24. The van der Waals surface area contributed by atoms with Crippen molar-refractivity contribution < 1.29 is 8.81 Å². The Morgan fingerprint density at radius 3 is 2.87 bits per heavy atom. The zero-order valence-corrected chi connectivity index (χ0v) is 17.6. The first kappa shape index (κ1) is 19.0. The van der Waals surface area contributed by atoms with Gasteiger partial charge in [-0.25, -0.2) is 13.9 Å². The van der Waals surface area contributed by atoms with Gasteiger partial charge in [0.25, 0.3) is 6.01 Å². The fourth-order valence-electron chi connectivity index (χ4n) is 4.26. The van der Waals surface area contributed by atoms with E-state index in [1.54, 1.807) is 10.6 Å². The Morgan fingerprint density at radius 2 is 2.07 bits per heavy atom. The molecule has 1 atom stereocenters. The van der Waals surface area contributed by atoms with Gasteiger partial charge in [0.15, 0.2) is 17.0 Å². The van der Waals surface area contributed by atoms with Gasteiger partial charge < -0.3 is 15.1 Å². The molecule has 7 nitrogen and oxygen atoms in total. The van der Waals surface area contributed by atoms with Crippen molar-refractivity contribution in [2.24, 2.45) is 0 Å². The number of aromatic nitrogens is 4. The van der Waals surface area contributed by atoms with Crippen LogP contribution in [0.1, 0.15) is 37.9 Å².